The molecule has 0 spiro atoms. The van der Waals surface area contributed by atoms with E-state index in [-0.39, 0.29) is 17.7 Å². The first-order valence-corrected chi connectivity index (χ1v) is 8.43. The molecule has 0 saturated carbocycles. The van der Waals surface area contributed by atoms with E-state index in [1.807, 2.05) is 0 Å². The maximum absolute atomic E-state index is 13.7. The number of carbonyl (C=O) groups excluding carboxylic acids is 1. The zero-order valence-corrected chi connectivity index (χ0v) is 15.6. The number of rotatable bonds is 2. The Kier molecular flexibility index (Phi) is 5.79. The van der Waals surface area contributed by atoms with Crippen molar-refractivity contribution in [1.82, 2.24) is 4.98 Å². The number of esters is 1. The highest BCUT2D eigenvalue weighted by atomic mass is 19.4. The molecule has 0 fully saturated rings. The number of nitrogens with zero attached hydrogens (tertiary/aromatic N) is 1. The van der Waals surface area contributed by atoms with Gasteiger partial charge >= 0.3 is 18.3 Å². The van der Waals surface area contributed by atoms with Crippen LogP contribution < -0.4 is 0 Å². The molecule has 0 aliphatic carbocycles. The maximum atomic E-state index is 13.7. The van der Waals surface area contributed by atoms with E-state index in [2.05, 4.69) is 21.6 Å². The second-order valence-corrected chi connectivity index (χ2v) is 6.08. The fourth-order valence-electron chi connectivity index (χ4n) is 2.72. The summed E-state index contributed by atoms with van der Waals surface area (Å²) in [6.45, 7) is 0. The van der Waals surface area contributed by atoms with Crippen LogP contribution in [0.25, 0.3) is 11.3 Å². The second kappa shape index (κ2) is 8.18. The Morgan fingerprint density at radius 3 is 2.19 bits per heavy atom. The largest absolute Gasteiger partial charge is 0.465 e. The Morgan fingerprint density at radius 2 is 1.61 bits per heavy atom. The van der Waals surface area contributed by atoms with Crippen LogP contribution in [0, 0.1) is 11.8 Å². The van der Waals surface area contributed by atoms with Crippen LogP contribution in [-0.4, -0.2) is 18.1 Å². The fourth-order valence-corrected chi connectivity index (χ4v) is 2.72. The molecule has 2 aromatic heterocycles. The number of carbonyl (C=O) groups is 1. The first kappa shape index (κ1) is 22.0. The molecule has 0 unspecified atom stereocenters. The van der Waals surface area contributed by atoms with E-state index < -0.39 is 51.9 Å². The van der Waals surface area contributed by atoms with Gasteiger partial charge in [0.1, 0.15) is 11.3 Å². The van der Waals surface area contributed by atoms with E-state index in [0.717, 1.165) is 19.4 Å². The number of methoxy groups -OCH3 is 1. The standard InChI is InChI=1S/C21H11F6NO3/c1-30-19(29)14-6-9-31-18(14)15-11-16(20(22,23)24)13(10-17(15)21(25,26)27)3-2-12-4-7-28-8-5-12/h4-11H,1H3. The van der Waals surface area contributed by atoms with Gasteiger partial charge in [-0.3, -0.25) is 4.98 Å². The molecule has 2 heterocycles. The summed E-state index contributed by atoms with van der Waals surface area (Å²) in [7, 11) is 0.975. The van der Waals surface area contributed by atoms with Gasteiger partial charge in [-0.2, -0.15) is 26.3 Å². The summed E-state index contributed by atoms with van der Waals surface area (Å²) in [5.41, 5.74) is -4.88. The number of furan rings is 1. The first-order valence-electron chi connectivity index (χ1n) is 8.43. The van der Waals surface area contributed by atoms with Crippen molar-refractivity contribution in [2.24, 2.45) is 0 Å². The number of hydrogen-bond acceptors (Lipinski definition) is 4. The normalized spacial score (nSPS) is 11.6. The zero-order valence-electron chi connectivity index (χ0n) is 15.6. The smallest absolute Gasteiger partial charge is 0.417 e. The van der Waals surface area contributed by atoms with Gasteiger partial charge in [0.25, 0.3) is 0 Å². The van der Waals surface area contributed by atoms with Crippen molar-refractivity contribution >= 4 is 5.97 Å². The van der Waals surface area contributed by atoms with Gasteiger partial charge in [-0.05, 0) is 30.3 Å². The number of halogens is 6. The highest BCUT2D eigenvalue weighted by Crippen LogP contribution is 2.43. The predicted molar refractivity (Wildman–Crippen MR) is 95.7 cm³/mol. The SMILES string of the molecule is COC(=O)c1ccoc1-c1cc(C(F)(F)F)c(C#Cc2ccncc2)cc1C(F)(F)F. The number of aromatic nitrogens is 1. The van der Waals surface area contributed by atoms with Crippen LogP contribution in [0.15, 0.2) is 53.4 Å². The molecule has 3 aromatic rings. The van der Waals surface area contributed by atoms with Crippen molar-refractivity contribution in [3.05, 3.63) is 76.8 Å². The summed E-state index contributed by atoms with van der Waals surface area (Å²) in [5.74, 6) is 2.78. The lowest BCUT2D eigenvalue weighted by Gasteiger charge is -2.17. The Labute approximate surface area is 171 Å². The third-order valence-corrected chi connectivity index (χ3v) is 4.11. The van der Waals surface area contributed by atoms with Gasteiger partial charge in [0, 0.05) is 29.1 Å². The molecule has 160 valence electrons. The van der Waals surface area contributed by atoms with Crippen molar-refractivity contribution in [2.75, 3.05) is 7.11 Å². The second-order valence-electron chi connectivity index (χ2n) is 6.08. The summed E-state index contributed by atoms with van der Waals surface area (Å²) < 4.78 is 91.6. The number of benzene rings is 1. The minimum absolute atomic E-state index is 0.264. The zero-order chi connectivity index (χ0) is 22.8. The highest BCUT2D eigenvalue weighted by Gasteiger charge is 2.41. The van der Waals surface area contributed by atoms with E-state index in [0.29, 0.717) is 0 Å². The van der Waals surface area contributed by atoms with Crippen LogP contribution in [0.1, 0.15) is 32.6 Å². The van der Waals surface area contributed by atoms with Gasteiger partial charge in [0.2, 0.25) is 0 Å². The summed E-state index contributed by atoms with van der Waals surface area (Å²) >= 11 is 0. The topological polar surface area (TPSA) is 52.3 Å². The predicted octanol–water partition coefficient (Wildman–Crippen LogP) is 5.57. The molecule has 0 saturated heterocycles. The van der Waals surface area contributed by atoms with Crippen molar-refractivity contribution in [3.8, 4) is 23.2 Å². The molecule has 1 aromatic carbocycles. The van der Waals surface area contributed by atoms with Crippen LogP contribution in [0.4, 0.5) is 26.3 Å². The van der Waals surface area contributed by atoms with Gasteiger partial charge in [0.05, 0.1) is 24.5 Å². The third kappa shape index (κ3) is 4.71. The van der Waals surface area contributed by atoms with E-state index in [4.69, 9.17) is 4.42 Å². The van der Waals surface area contributed by atoms with Gasteiger partial charge in [-0.15, -0.1) is 0 Å². The van der Waals surface area contributed by atoms with Crippen LogP contribution in [0.5, 0.6) is 0 Å². The van der Waals surface area contributed by atoms with Gasteiger partial charge in [0.15, 0.2) is 0 Å². The van der Waals surface area contributed by atoms with Crippen LogP contribution in [0.3, 0.4) is 0 Å². The summed E-state index contributed by atoms with van der Waals surface area (Å²) in [5, 5.41) is 0. The monoisotopic (exact) mass is 439 g/mol. The lowest BCUT2D eigenvalue weighted by Crippen LogP contribution is -2.14. The molecular formula is C21H11F6NO3. The first-order chi connectivity index (χ1) is 14.5. The Hall–Kier alpha value is -3.74. The van der Waals surface area contributed by atoms with E-state index in [1.54, 1.807) is 0 Å². The summed E-state index contributed by atoms with van der Waals surface area (Å²) in [6, 6.07) is 4.35. The lowest BCUT2D eigenvalue weighted by molar-refractivity contribution is -0.141. The molecule has 10 heteroatoms. The summed E-state index contributed by atoms with van der Waals surface area (Å²) in [4.78, 5) is 15.6. The molecular weight excluding hydrogens is 428 g/mol. The Balaban J connectivity index is 2.30. The molecule has 0 radical (unpaired) electrons. The average Bonchev–Trinajstić information content (AvgIpc) is 3.20. The highest BCUT2D eigenvalue weighted by molar-refractivity contribution is 5.96. The van der Waals surface area contributed by atoms with E-state index in [1.165, 1.54) is 24.5 Å². The van der Waals surface area contributed by atoms with Crippen LogP contribution >= 0.6 is 0 Å². The van der Waals surface area contributed by atoms with Crippen LogP contribution in [-0.2, 0) is 17.1 Å². The summed E-state index contributed by atoms with van der Waals surface area (Å²) in [6.07, 6.45) is -6.54. The third-order valence-electron chi connectivity index (χ3n) is 4.11. The van der Waals surface area contributed by atoms with E-state index in [9.17, 15) is 31.1 Å². The fraction of sp³-hybridized carbons (Fsp3) is 0.143. The number of alkyl halides is 6. The number of pyridine rings is 1. The van der Waals surface area contributed by atoms with Crippen molar-refractivity contribution in [3.63, 3.8) is 0 Å². The molecule has 31 heavy (non-hydrogen) atoms. The number of hydrogen-bond donors (Lipinski definition) is 0. The average molecular weight is 439 g/mol. The van der Waals surface area contributed by atoms with Crippen molar-refractivity contribution in [1.29, 1.82) is 0 Å². The molecule has 0 aliphatic heterocycles. The Bertz CT molecular complexity index is 1170. The van der Waals surface area contributed by atoms with Crippen molar-refractivity contribution < 1.29 is 40.3 Å². The molecule has 0 amide bonds. The molecule has 0 atom stereocenters. The van der Waals surface area contributed by atoms with Crippen molar-refractivity contribution in [2.45, 2.75) is 12.4 Å². The van der Waals surface area contributed by atoms with Gasteiger partial charge < -0.3 is 9.15 Å². The number of ether oxygens (including phenoxy) is 1. The lowest BCUT2D eigenvalue weighted by atomic mass is 9.94. The minimum atomic E-state index is -5.06. The van der Waals surface area contributed by atoms with Crippen LogP contribution in [0.2, 0.25) is 0 Å². The molecule has 3 rings (SSSR count). The quantitative estimate of drug-likeness (QED) is 0.298. The molecule has 0 aliphatic rings. The van der Waals surface area contributed by atoms with E-state index >= 15 is 0 Å². The van der Waals surface area contributed by atoms with Gasteiger partial charge in [-0.1, -0.05) is 11.8 Å². The van der Waals surface area contributed by atoms with Gasteiger partial charge in [-0.25, -0.2) is 4.79 Å². The Morgan fingerprint density at radius 1 is 0.968 bits per heavy atom. The maximum Gasteiger partial charge on any atom is 0.417 e. The molecule has 0 bridgehead atoms. The molecule has 0 N–H and O–H groups in total. The minimum Gasteiger partial charge on any atom is -0.465 e. The molecule has 4 nitrogen and oxygen atoms in total.